The Morgan fingerprint density at radius 1 is 1.07 bits per heavy atom. The zero-order valence-corrected chi connectivity index (χ0v) is 16.1. The fourth-order valence-corrected chi connectivity index (χ4v) is 3.61. The molecule has 1 N–H and O–H groups in total. The zero-order chi connectivity index (χ0) is 20.2. The van der Waals surface area contributed by atoms with Crippen LogP contribution in [0.3, 0.4) is 0 Å². The molecule has 29 heavy (non-hydrogen) atoms. The van der Waals surface area contributed by atoms with Crippen molar-refractivity contribution in [1.82, 2.24) is 4.90 Å². The summed E-state index contributed by atoms with van der Waals surface area (Å²) in [6.07, 6.45) is 0.387. The van der Waals surface area contributed by atoms with Gasteiger partial charge in [-0.05, 0) is 53.9 Å². The Kier molecular flexibility index (Phi) is 5.17. The lowest BCUT2D eigenvalue weighted by molar-refractivity contribution is 0.0685. The maximum absolute atomic E-state index is 13.3. The Balaban J connectivity index is 1.65. The lowest BCUT2D eigenvalue weighted by Crippen LogP contribution is -2.44. The molecule has 0 saturated heterocycles. The number of nitriles is 1. The van der Waals surface area contributed by atoms with Crippen LogP contribution >= 0.6 is 0 Å². The zero-order valence-electron chi connectivity index (χ0n) is 16.1. The van der Waals surface area contributed by atoms with Gasteiger partial charge in [0.15, 0.2) is 0 Å². The number of ether oxygens (including phenoxy) is 1. The molecule has 1 aliphatic rings. The van der Waals surface area contributed by atoms with Crippen LogP contribution in [0.5, 0.6) is 5.75 Å². The number of carbonyl (C=O) groups excluding carboxylic acids is 1. The highest BCUT2D eigenvalue weighted by molar-refractivity contribution is 6.01. The second-order valence-corrected chi connectivity index (χ2v) is 6.93. The van der Waals surface area contributed by atoms with Gasteiger partial charge in [0.25, 0.3) is 5.91 Å². The van der Waals surface area contributed by atoms with E-state index in [4.69, 9.17) is 4.74 Å². The number of methoxy groups -OCH3 is 1. The van der Waals surface area contributed by atoms with E-state index in [1.807, 2.05) is 71.6 Å². The molecule has 0 aromatic heterocycles. The quantitative estimate of drug-likeness (QED) is 0.710. The van der Waals surface area contributed by atoms with Gasteiger partial charge in [-0.25, -0.2) is 0 Å². The van der Waals surface area contributed by atoms with E-state index in [-0.39, 0.29) is 12.1 Å². The normalized spacial score (nSPS) is 15.2. The van der Waals surface area contributed by atoms with E-state index >= 15 is 0 Å². The lowest BCUT2D eigenvalue weighted by Gasteiger charge is -2.38. The number of amides is 1. The second kappa shape index (κ2) is 8.07. The molecule has 5 heteroatoms. The van der Waals surface area contributed by atoms with Crippen molar-refractivity contribution in [3.63, 3.8) is 0 Å². The van der Waals surface area contributed by atoms with Gasteiger partial charge < -0.3 is 15.0 Å². The molecule has 1 unspecified atom stereocenters. The molecule has 0 radical (unpaired) electrons. The monoisotopic (exact) mass is 383 g/mol. The molecular formula is C24H21N3O2. The molecule has 144 valence electrons. The summed E-state index contributed by atoms with van der Waals surface area (Å²) in [5.41, 5.74) is 4.06. The Hall–Kier alpha value is -3.78. The molecule has 3 aromatic carbocycles. The smallest absolute Gasteiger partial charge is 0.257 e. The van der Waals surface area contributed by atoms with E-state index in [9.17, 15) is 10.1 Å². The molecule has 0 aliphatic carbocycles. The summed E-state index contributed by atoms with van der Waals surface area (Å²) in [6.45, 7) is 0.550. The van der Waals surface area contributed by atoms with Crippen molar-refractivity contribution in [1.29, 1.82) is 5.26 Å². The minimum Gasteiger partial charge on any atom is -0.497 e. The van der Waals surface area contributed by atoms with Crippen molar-refractivity contribution in [2.45, 2.75) is 12.6 Å². The van der Waals surface area contributed by atoms with Crippen LogP contribution in [-0.2, 0) is 6.42 Å². The van der Waals surface area contributed by atoms with Gasteiger partial charge in [0, 0.05) is 12.2 Å². The molecule has 1 amide bonds. The topological polar surface area (TPSA) is 65.4 Å². The maximum atomic E-state index is 13.3. The van der Waals surface area contributed by atoms with E-state index in [0.717, 1.165) is 22.6 Å². The van der Waals surface area contributed by atoms with E-state index in [0.29, 0.717) is 24.1 Å². The third kappa shape index (κ3) is 3.78. The van der Waals surface area contributed by atoms with Crippen LogP contribution in [0.1, 0.15) is 33.2 Å². The van der Waals surface area contributed by atoms with E-state index < -0.39 is 0 Å². The summed E-state index contributed by atoms with van der Waals surface area (Å²) in [5, 5.41) is 12.7. The molecule has 0 spiro atoms. The number of nitrogens with zero attached hydrogens (tertiary/aromatic N) is 2. The molecular weight excluding hydrogens is 362 g/mol. The molecule has 1 heterocycles. The molecule has 3 aromatic rings. The molecule has 0 fully saturated rings. The maximum Gasteiger partial charge on any atom is 0.257 e. The Morgan fingerprint density at radius 2 is 1.86 bits per heavy atom. The van der Waals surface area contributed by atoms with Gasteiger partial charge in [0.1, 0.15) is 11.9 Å². The Morgan fingerprint density at radius 3 is 2.62 bits per heavy atom. The van der Waals surface area contributed by atoms with Crippen LogP contribution < -0.4 is 10.1 Å². The van der Waals surface area contributed by atoms with Crippen LogP contribution in [0.25, 0.3) is 0 Å². The number of hydrogen-bond donors (Lipinski definition) is 1. The first-order valence-corrected chi connectivity index (χ1v) is 9.49. The number of carbonyl (C=O) groups is 1. The Bertz CT molecular complexity index is 1070. The number of hydrogen-bond acceptors (Lipinski definition) is 4. The molecule has 0 bridgehead atoms. The molecule has 1 aliphatic heterocycles. The van der Waals surface area contributed by atoms with Gasteiger partial charge in [0.2, 0.25) is 0 Å². The van der Waals surface area contributed by atoms with Gasteiger partial charge >= 0.3 is 0 Å². The third-order valence-electron chi connectivity index (χ3n) is 5.15. The minimum absolute atomic E-state index is 0.0137. The lowest BCUT2D eigenvalue weighted by atomic mass is 10.0. The highest BCUT2D eigenvalue weighted by Gasteiger charge is 2.32. The first-order valence-electron chi connectivity index (χ1n) is 9.49. The predicted molar refractivity (Wildman–Crippen MR) is 112 cm³/mol. The van der Waals surface area contributed by atoms with Crippen LogP contribution in [0.4, 0.5) is 5.69 Å². The third-order valence-corrected chi connectivity index (χ3v) is 5.15. The van der Waals surface area contributed by atoms with Crippen molar-refractivity contribution in [3.8, 4) is 11.8 Å². The molecule has 5 nitrogen and oxygen atoms in total. The highest BCUT2D eigenvalue weighted by Crippen LogP contribution is 2.33. The van der Waals surface area contributed by atoms with Crippen molar-refractivity contribution in [2.75, 3.05) is 19.0 Å². The molecule has 4 rings (SSSR count). The number of benzene rings is 3. The first kappa shape index (κ1) is 18.6. The summed E-state index contributed by atoms with van der Waals surface area (Å²) in [4.78, 5) is 15.1. The van der Waals surface area contributed by atoms with Gasteiger partial charge in [-0.1, -0.05) is 36.4 Å². The van der Waals surface area contributed by atoms with E-state index in [1.54, 1.807) is 13.2 Å². The van der Waals surface area contributed by atoms with Crippen LogP contribution in [-0.4, -0.2) is 24.5 Å². The Labute approximate surface area is 170 Å². The SMILES string of the molecule is COc1ccc(CCN2C(=O)c3ccccc3NC2c2cccc(C#N)c2)cc1. The fraction of sp³-hybridized carbons (Fsp3) is 0.167. The standard InChI is InChI=1S/C24H21N3O2/c1-29-20-11-9-17(10-12-20)13-14-27-23(19-6-4-5-18(15-19)16-25)26-22-8-3-2-7-21(22)24(27)28/h2-12,15,23,26H,13-14H2,1H3. The number of anilines is 1. The number of fused-ring (bicyclic) bond motifs is 1. The van der Waals surface area contributed by atoms with Gasteiger partial charge in [0.05, 0.1) is 24.3 Å². The number of nitrogens with one attached hydrogen (secondary N) is 1. The van der Waals surface area contributed by atoms with Crippen molar-refractivity contribution in [3.05, 3.63) is 95.1 Å². The average molecular weight is 383 g/mol. The van der Waals surface area contributed by atoms with Crippen LogP contribution in [0.2, 0.25) is 0 Å². The first-order chi connectivity index (χ1) is 14.2. The molecule has 1 atom stereocenters. The highest BCUT2D eigenvalue weighted by atomic mass is 16.5. The summed E-state index contributed by atoms with van der Waals surface area (Å²) in [7, 11) is 1.64. The number of para-hydroxylation sites is 1. The summed E-state index contributed by atoms with van der Waals surface area (Å²) < 4.78 is 5.22. The van der Waals surface area contributed by atoms with Crippen molar-refractivity contribution < 1.29 is 9.53 Å². The fourth-order valence-electron chi connectivity index (χ4n) is 3.61. The van der Waals surface area contributed by atoms with Crippen LogP contribution in [0, 0.1) is 11.3 Å². The summed E-state index contributed by atoms with van der Waals surface area (Å²) in [6, 6.07) is 25.0. The van der Waals surface area contributed by atoms with Crippen LogP contribution in [0.15, 0.2) is 72.8 Å². The van der Waals surface area contributed by atoms with Gasteiger partial charge in [-0.15, -0.1) is 0 Å². The second-order valence-electron chi connectivity index (χ2n) is 6.93. The van der Waals surface area contributed by atoms with Crippen molar-refractivity contribution >= 4 is 11.6 Å². The minimum atomic E-state index is -0.330. The van der Waals surface area contributed by atoms with E-state index in [2.05, 4.69) is 11.4 Å². The van der Waals surface area contributed by atoms with Gasteiger partial charge in [-0.2, -0.15) is 5.26 Å². The van der Waals surface area contributed by atoms with Gasteiger partial charge in [-0.3, -0.25) is 4.79 Å². The molecule has 0 saturated carbocycles. The van der Waals surface area contributed by atoms with Crippen molar-refractivity contribution in [2.24, 2.45) is 0 Å². The number of rotatable bonds is 5. The van der Waals surface area contributed by atoms with E-state index in [1.165, 1.54) is 0 Å². The predicted octanol–water partition coefficient (Wildman–Crippen LogP) is 4.38. The average Bonchev–Trinajstić information content (AvgIpc) is 2.78. The summed E-state index contributed by atoms with van der Waals surface area (Å²) >= 11 is 0. The largest absolute Gasteiger partial charge is 0.497 e. The summed E-state index contributed by atoms with van der Waals surface area (Å²) in [5.74, 6) is 0.796.